The van der Waals surface area contributed by atoms with E-state index in [2.05, 4.69) is 10.2 Å². The highest BCUT2D eigenvalue weighted by molar-refractivity contribution is 8.13. The van der Waals surface area contributed by atoms with Crippen molar-refractivity contribution in [3.05, 3.63) is 46.8 Å². The summed E-state index contributed by atoms with van der Waals surface area (Å²) in [7, 11) is 1.41. The summed E-state index contributed by atoms with van der Waals surface area (Å²) < 4.78 is 24.8. The quantitative estimate of drug-likeness (QED) is 0.670. The van der Waals surface area contributed by atoms with Gasteiger partial charge in [0.2, 0.25) is 0 Å². The molecule has 9 heteroatoms. The van der Waals surface area contributed by atoms with Crippen molar-refractivity contribution in [3.63, 3.8) is 0 Å². The van der Waals surface area contributed by atoms with Gasteiger partial charge in [-0.05, 0) is 23.6 Å². The molecular formula is C12H7Cl2N3O2S2. The Morgan fingerprint density at radius 3 is 2.38 bits per heavy atom. The van der Waals surface area contributed by atoms with Gasteiger partial charge in [0.05, 0.1) is 9.90 Å². The van der Waals surface area contributed by atoms with Gasteiger partial charge in [-0.1, -0.05) is 29.8 Å². The topological polar surface area (TPSA) is 64.8 Å². The standard InChI is InChI=1S/C12H7Cl2N3O2S2/c13-9-6-7-20-10(9)11-15-16-12(21(14,18)19)17(11)8-4-2-1-3-5-8/h1-7H. The highest BCUT2D eigenvalue weighted by Crippen LogP contribution is 2.34. The maximum Gasteiger partial charge on any atom is 0.297 e. The molecule has 0 spiro atoms. The summed E-state index contributed by atoms with van der Waals surface area (Å²) in [6.45, 7) is 0. The van der Waals surface area contributed by atoms with Gasteiger partial charge in [0, 0.05) is 16.4 Å². The van der Waals surface area contributed by atoms with Gasteiger partial charge in [-0.25, -0.2) is 8.42 Å². The molecule has 0 fully saturated rings. The molecule has 1 aromatic carbocycles. The van der Waals surface area contributed by atoms with Crippen molar-refractivity contribution in [2.75, 3.05) is 0 Å². The van der Waals surface area contributed by atoms with Gasteiger partial charge in [-0.3, -0.25) is 4.57 Å². The predicted molar refractivity (Wildman–Crippen MR) is 82.7 cm³/mol. The Balaban J connectivity index is 2.33. The van der Waals surface area contributed by atoms with E-state index < -0.39 is 9.05 Å². The van der Waals surface area contributed by atoms with E-state index in [0.29, 0.717) is 21.4 Å². The lowest BCUT2D eigenvalue weighted by Crippen LogP contribution is -2.05. The van der Waals surface area contributed by atoms with Gasteiger partial charge < -0.3 is 0 Å². The molecule has 0 radical (unpaired) electrons. The van der Waals surface area contributed by atoms with Gasteiger partial charge in [0.25, 0.3) is 14.2 Å². The van der Waals surface area contributed by atoms with E-state index in [9.17, 15) is 8.42 Å². The summed E-state index contributed by atoms with van der Waals surface area (Å²) in [6.07, 6.45) is 0. The maximum atomic E-state index is 11.7. The molecule has 0 saturated carbocycles. The van der Waals surface area contributed by atoms with Crippen molar-refractivity contribution in [1.29, 1.82) is 0 Å². The average molecular weight is 360 g/mol. The molecule has 2 aromatic heterocycles. The Morgan fingerprint density at radius 2 is 1.81 bits per heavy atom. The summed E-state index contributed by atoms with van der Waals surface area (Å²) >= 11 is 7.45. The van der Waals surface area contributed by atoms with Crippen LogP contribution in [0.1, 0.15) is 0 Å². The number of nitrogens with zero attached hydrogens (tertiary/aromatic N) is 3. The van der Waals surface area contributed by atoms with Crippen molar-refractivity contribution in [2.24, 2.45) is 0 Å². The summed E-state index contributed by atoms with van der Waals surface area (Å²) in [4.78, 5) is 0.625. The second-order valence-electron chi connectivity index (χ2n) is 4.01. The van der Waals surface area contributed by atoms with E-state index in [1.165, 1.54) is 15.9 Å². The van der Waals surface area contributed by atoms with Crippen molar-refractivity contribution in [1.82, 2.24) is 14.8 Å². The van der Waals surface area contributed by atoms with E-state index in [1.807, 2.05) is 6.07 Å². The van der Waals surface area contributed by atoms with Crippen LogP contribution in [0.5, 0.6) is 0 Å². The molecule has 0 atom stereocenters. The molecule has 3 rings (SSSR count). The molecule has 5 nitrogen and oxygen atoms in total. The largest absolute Gasteiger partial charge is 0.297 e. The summed E-state index contributed by atoms with van der Waals surface area (Å²) in [5.41, 5.74) is 0.584. The number of rotatable bonds is 3. The first-order valence-electron chi connectivity index (χ1n) is 5.67. The predicted octanol–water partition coefficient (Wildman–Crippen LogP) is 3.58. The third-order valence-corrected chi connectivity index (χ3v) is 5.14. The lowest BCUT2D eigenvalue weighted by atomic mass is 10.3. The Morgan fingerprint density at radius 1 is 1.10 bits per heavy atom. The van der Waals surface area contributed by atoms with Crippen LogP contribution in [0.2, 0.25) is 5.02 Å². The zero-order chi connectivity index (χ0) is 15.0. The molecule has 108 valence electrons. The Labute approximate surface area is 134 Å². The van der Waals surface area contributed by atoms with Crippen LogP contribution in [0.3, 0.4) is 0 Å². The Kier molecular flexibility index (Phi) is 3.75. The molecule has 0 amide bonds. The maximum absolute atomic E-state index is 11.7. The van der Waals surface area contributed by atoms with Crippen molar-refractivity contribution >= 4 is 42.7 Å². The number of thiophene rings is 1. The van der Waals surface area contributed by atoms with E-state index in [0.717, 1.165) is 0 Å². The molecule has 0 aliphatic heterocycles. The first-order chi connectivity index (χ1) is 9.98. The van der Waals surface area contributed by atoms with E-state index in [4.69, 9.17) is 22.3 Å². The molecule has 0 aliphatic rings. The van der Waals surface area contributed by atoms with Crippen molar-refractivity contribution in [3.8, 4) is 16.4 Å². The van der Waals surface area contributed by atoms with Crippen LogP contribution in [0, 0.1) is 0 Å². The van der Waals surface area contributed by atoms with Crippen LogP contribution in [0.15, 0.2) is 46.9 Å². The highest BCUT2D eigenvalue weighted by atomic mass is 35.7. The van der Waals surface area contributed by atoms with E-state index >= 15 is 0 Å². The molecule has 0 N–H and O–H groups in total. The van der Waals surface area contributed by atoms with Gasteiger partial charge in [-0.15, -0.1) is 21.5 Å². The SMILES string of the molecule is O=S(=O)(Cl)c1nnc(-c2sccc2Cl)n1-c1ccccc1. The lowest BCUT2D eigenvalue weighted by molar-refractivity contribution is 0.597. The van der Waals surface area contributed by atoms with Crippen molar-refractivity contribution in [2.45, 2.75) is 5.16 Å². The summed E-state index contributed by atoms with van der Waals surface area (Å²) in [5.74, 6) is 0.334. The van der Waals surface area contributed by atoms with Gasteiger partial charge >= 0.3 is 0 Å². The molecule has 3 aromatic rings. The van der Waals surface area contributed by atoms with Gasteiger partial charge in [0.15, 0.2) is 5.82 Å². The zero-order valence-corrected chi connectivity index (χ0v) is 13.4. The molecule has 0 unspecified atom stereocenters. The smallest absolute Gasteiger partial charge is 0.264 e. The lowest BCUT2D eigenvalue weighted by Gasteiger charge is -2.08. The average Bonchev–Trinajstić information content (AvgIpc) is 3.04. The van der Waals surface area contributed by atoms with Crippen LogP contribution >= 0.6 is 33.6 Å². The highest BCUT2D eigenvalue weighted by Gasteiger charge is 2.25. The third-order valence-electron chi connectivity index (χ3n) is 2.69. The molecule has 2 heterocycles. The first kappa shape index (κ1) is 14.5. The fourth-order valence-corrected chi connectivity index (χ4v) is 3.80. The minimum absolute atomic E-state index is 0.334. The third kappa shape index (κ3) is 2.69. The fourth-order valence-electron chi connectivity index (χ4n) is 1.84. The van der Waals surface area contributed by atoms with Crippen LogP contribution in [0.25, 0.3) is 16.4 Å². The van der Waals surface area contributed by atoms with Crippen LogP contribution in [0.4, 0.5) is 0 Å². The molecule has 0 aliphatic carbocycles. The zero-order valence-electron chi connectivity index (χ0n) is 10.3. The number of hydrogen-bond acceptors (Lipinski definition) is 5. The molecule has 0 saturated heterocycles. The summed E-state index contributed by atoms with van der Waals surface area (Å²) in [6, 6.07) is 10.6. The van der Waals surface area contributed by atoms with E-state index in [-0.39, 0.29) is 5.16 Å². The second kappa shape index (κ2) is 5.42. The number of hydrogen-bond donors (Lipinski definition) is 0. The Bertz CT molecular complexity index is 888. The number of benzene rings is 1. The van der Waals surface area contributed by atoms with Crippen LogP contribution in [-0.2, 0) is 9.05 Å². The minimum atomic E-state index is -4.04. The number of aromatic nitrogens is 3. The van der Waals surface area contributed by atoms with Gasteiger partial charge in [-0.2, -0.15) is 0 Å². The second-order valence-corrected chi connectivity index (χ2v) is 7.80. The fraction of sp³-hybridized carbons (Fsp3) is 0. The first-order valence-corrected chi connectivity index (χ1v) is 9.24. The monoisotopic (exact) mass is 359 g/mol. The molecular weight excluding hydrogens is 353 g/mol. The molecule has 21 heavy (non-hydrogen) atoms. The Hall–Kier alpha value is -1.41. The number of halogens is 2. The van der Waals surface area contributed by atoms with Crippen molar-refractivity contribution < 1.29 is 8.42 Å². The number of para-hydroxylation sites is 1. The normalized spacial score (nSPS) is 11.7. The van der Waals surface area contributed by atoms with Gasteiger partial charge in [0.1, 0.15) is 0 Å². The van der Waals surface area contributed by atoms with E-state index in [1.54, 1.807) is 35.7 Å². The molecule has 0 bridgehead atoms. The van der Waals surface area contributed by atoms with Crippen LogP contribution in [-0.4, -0.2) is 23.2 Å². The summed E-state index contributed by atoms with van der Waals surface area (Å²) in [5, 5.41) is 9.56. The van der Waals surface area contributed by atoms with Crippen LogP contribution < -0.4 is 0 Å². The minimum Gasteiger partial charge on any atom is -0.264 e.